The van der Waals surface area contributed by atoms with Gasteiger partial charge in [-0.25, -0.2) is 8.78 Å². The van der Waals surface area contributed by atoms with Gasteiger partial charge < -0.3 is 10.8 Å². The van der Waals surface area contributed by atoms with Crippen LogP contribution in [0.4, 0.5) is 8.78 Å². The Morgan fingerprint density at radius 3 is 2.50 bits per heavy atom. The third kappa shape index (κ3) is 2.50. The maximum Gasteiger partial charge on any atom is 0.159 e. The van der Waals surface area contributed by atoms with E-state index in [2.05, 4.69) is 15.9 Å². The summed E-state index contributed by atoms with van der Waals surface area (Å²) in [4.78, 5) is 0. The molecule has 0 radical (unpaired) electrons. The zero-order chi connectivity index (χ0) is 10.7. The molecule has 0 aromatic heterocycles. The van der Waals surface area contributed by atoms with Gasteiger partial charge in [0.25, 0.3) is 0 Å². The minimum atomic E-state index is -0.973. The van der Waals surface area contributed by atoms with Gasteiger partial charge in [-0.15, -0.1) is 0 Å². The van der Waals surface area contributed by atoms with Crippen molar-refractivity contribution in [2.24, 2.45) is 5.73 Å². The van der Waals surface area contributed by atoms with E-state index in [4.69, 9.17) is 5.73 Å². The van der Waals surface area contributed by atoms with Crippen molar-refractivity contribution in [1.29, 1.82) is 0 Å². The zero-order valence-electron chi connectivity index (χ0n) is 7.30. The Bertz CT molecular complexity index is 333. The summed E-state index contributed by atoms with van der Waals surface area (Å²) >= 11 is 3.04. The number of aliphatic hydroxyl groups excluding tert-OH is 1. The molecule has 0 saturated heterocycles. The number of aliphatic hydroxyl groups is 1. The molecule has 78 valence electrons. The average Bonchev–Trinajstić information content (AvgIpc) is 2.11. The van der Waals surface area contributed by atoms with Crippen LogP contribution >= 0.6 is 15.9 Å². The van der Waals surface area contributed by atoms with Crippen molar-refractivity contribution in [1.82, 2.24) is 0 Å². The monoisotopic (exact) mass is 265 g/mol. The maximum absolute atomic E-state index is 12.8. The second kappa shape index (κ2) is 4.82. The van der Waals surface area contributed by atoms with Crippen LogP contribution in [-0.4, -0.2) is 11.7 Å². The molecule has 1 atom stereocenters. The third-order valence-corrected chi connectivity index (χ3v) is 2.53. The van der Waals surface area contributed by atoms with E-state index >= 15 is 0 Å². The molecule has 0 spiro atoms. The Hall–Kier alpha value is -0.520. The Morgan fingerprint density at radius 1 is 1.36 bits per heavy atom. The molecule has 1 aromatic carbocycles. The van der Waals surface area contributed by atoms with Crippen LogP contribution in [0.15, 0.2) is 16.6 Å². The molecule has 0 saturated carbocycles. The van der Waals surface area contributed by atoms with Crippen LogP contribution in [0.5, 0.6) is 0 Å². The number of benzene rings is 1. The molecule has 3 N–H and O–H groups in total. The molecule has 0 amide bonds. The van der Waals surface area contributed by atoms with Crippen molar-refractivity contribution in [2.45, 2.75) is 12.5 Å². The van der Waals surface area contributed by atoms with Gasteiger partial charge in [0.2, 0.25) is 0 Å². The third-order valence-electron chi connectivity index (χ3n) is 1.84. The number of halogens is 3. The topological polar surface area (TPSA) is 46.2 Å². The quantitative estimate of drug-likeness (QED) is 0.823. The summed E-state index contributed by atoms with van der Waals surface area (Å²) in [5.41, 5.74) is 5.56. The van der Waals surface area contributed by atoms with E-state index < -0.39 is 17.7 Å². The number of rotatable bonds is 3. The molecule has 0 bridgehead atoms. The van der Waals surface area contributed by atoms with Gasteiger partial charge in [-0.2, -0.15) is 0 Å². The summed E-state index contributed by atoms with van der Waals surface area (Å²) in [5.74, 6) is -1.92. The highest BCUT2D eigenvalue weighted by molar-refractivity contribution is 9.10. The molecule has 0 unspecified atom stereocenters. The molecule has 0 heterocycles. The number of hydrogen-bond donors (Lipinski definition) is 2. The fourth-order valence-electron chi connectivity index (χ4n) is 1.11. The SMILES string of the molecule is NCC[C@@H](O)c1cc(F)c(F)cc1Br. The summed E-state index contributed by atoms with van der Waals surface area (Å²) < 4.78 is 25.9. The first kappa shape index (κ1) is 11.6. The predicted octanol–water partition coefficient (Wildman–Crippen LogP) is 2.11. The summed E-state index contributed by atoms with van der Waals surface area (Å²) in [6, 6.07) is 1.96. The van der Waals surface area contributed by atoms with Crippen LogP contribution in [0, 0.1) is 11.6 Å². The first-order valence-corrected chi connectivity index (χ1v) is 4.88. The van der Waals surface area contributed by atoms with E-state index in [1.54, 1.807) is 0 Å². The smallest absolute Gasteiger partial charge is 0.159 e. The van der Waals surface area contributed by atoms with Crippen molar-refractivity contribution in [2.75, 3.05) is 6.54 Å². The van der Waals surface area contributed by atoms with Gasteiger partial charge in [-0.1, -0.05) is 15.9 Å². The maximum atomic E-state index is 12.8. The van der Waals surface area contributed by atoms with Crippen molar-refractivity contribution in [3.05, 3.63) is 33.8 Å². The summed E-state index contributed by atoms with van der Waals surface area (Å²) in [5, 5.41) is 9.52. The fourth-order valence-corrected chi connectivity index (χ4v) is 1.69. The van der Waals surface area contributed by atoms with E-state index in [-0.39, 0.29) is 6.54 Å². The second-order valence-electron chi connectivity index (χ2n) is 2.88. The summed E-state index contributed by atoms with van der Waals surface area (Å²) in [7, 11) is 0. The van der Waals surface area contributed by atoms with Gasteiger partial charge in [-0.05, 0) is 30.7 Å². The highest BCUT2D eigenvalue weighted by Gasteiger charge is 2.14. The molecule has 0 aliphatic carbocycles. The Labute approximate surface area is 88.9 Å². The molecule has 14 heavy (non-hydrogen) atoms. The van der Waals surface area contributed by atoms with Crippen molar-refractivity contribution in [3.8, 4) is 0 Å². The Kier molecular flexibility index (Phi) is 3.97. The molecule has 5 heteroatoms. The van der Waals surface area contributed by atoms with Crippen molar-refractivity contribution >= 4 is 15.9 Å². The van der Waals surface area contributed by atoms with E-state index in [1.807, 2.05) is 0 Å². The normalized spacial score (nSPS) is 12.9. The average molecular weight is 266 g/mol. The van der Waals surface area contributed by atoms with E-state index in [1.165, 1.54) is 0 Å². The molecule has 1 aromatic rings. The highest BCUT2D eigenvalue weighted by Crippen LogP contribution is 2.27. The van der Waals surface area contributed by atoms with Gasteiger partial charge in [-0.3, -0.25) is 0 Å². The standard InChI is InChI=1S/C9H10BrF2NO/c10-6-4-8(12)7(11)3-5(6)9(14)1-2-13/h3-4,9,14H,1-2,13H2/t9-/m1/s1. The minimum absolute atomic E-state index is 0.284. The second-order valence-corrected chi connectivity index (χ2v) is 3.74. The number of hydrogen-bond acceptors (Lipinski definition) is 2. The highest BCUT2D eigenvalue weighted by atomic mass is 79.9. The molecule has 0 aliphatic rings. The molecule has 1 rings (SSSR count). The van der Waals surface area contributed by atoms with E-state index in [0.717, 1.165) is 12.1 Å². The van der Waals surface area contributed by atoms with Crippen LogP contribution in [-0.2, 0) is 0 Å². The van der Waals surface area contributed by atoms with Gasteiger partial charge in [0, 0.05) is 4.47 Å². The largest absolute Gasteiger partial charge is 0.388 e. The van der Waals surface area contributed by atoms with Gasteiger partial charge >= 0.3 is 0 Å². The van der Waals surface area contributed by atoms with Crippen LogP contribution in [0.1, 0.15) is 18.1 Å². The lowest BCUT2D eigenvalue weighted by molar-refractivity contribution is 0.169. The van der Waals surface area contributed by atoms with Gasteiger partial charge in [0.05, 0.1) is 6.10 Å². The van der Waals surface area contributed by atoms with Crippen molar-refractivity contribution < 1.29 is 13.9 Å². The first-order chi connectivity index (χ1) is 6.56. The van der Waals surface area contributed by atoms with E-state index in [9.17, 15) is 13.9 Å². The Balaban J connectivity index is 3.02. The van der Waals surface area contributed by atoms with Crippen LogP contribution < -0.4 is 5.73 Å². The molecular formula is C9H10BrF2NO. The lowest BCUT2D eigenvalue weighted by atomic mass is 10.1. The lowest BCUT2D eigenvalue weighted by Crippen LogP contribution is -2.08. The van der Waals surface area contributed by atoms with Crippen LogP contribution in [0.2, 0.25) is 0 Å². The molecule has 0 aliphatic heterocycles. The minimum Gasteiger partial charge on any atom is -0.388 e. The van der Waals surface area contributed by atoms with E-state index in [0.29, 0.717) is 16.5 Å². The van der Waals surface area contributed by atoms with Crippen LogP contribution in [0.25, 0.3) is 0 Å². The fraction of sp³-hybridized carbons (Fsp3) is 0.333. The molecule has 2 nitrogen and oxygen atoms in total. The van der Waals surface area contributed by atoms with Gasteiger partial charge in [0.15, 0.2) is 11.6 Å². The Morgan fingerprint density at radius 2 is 1.93 bits per heavy atom. The zero-order valence-corrected chi connectivity index (χ0v) is 8.89. The molecule has 0 fully saturated rings. The summed E-state index contributed by atoms with van der Waals surface area (Å²) in [6.45, 7) is 0.284. The number of nitrogens with two attached hydrogens (primary N) is 1. The predicted molar refractivity (Wildman–Crippen MR) is 52.7 cm³/mol. The molecular weight excluding hydrogens is 256 g/mol. The van der Waals surface area contributed by atoms with Gasteiger partial charge in [0.1, 0.15) is 0 Å². The first-order valence-electron chi connectivity index (χ1n) is 4.09. The van der Waals surface area contributed by atoms with Crippen LogP contribution in [0.3, 0.4) is 0 Å². The lowest BCUT2D eigenvalue weighted by Gasteiger charge is -2.11. The van der Waals surface area contributed by atoms with Crippen molar-refractivity contribution in [3.63, 3.8) is 0 Å². The summed E-state index contributed by atoms with van der Waals surface area (Å²) in [6.07, 6.45) is -0.562.